The summed E-state index contributed by atoms with van der Waals surface area (Å²) in [5.41, 5.74) is 7.87. The first-order valence-electron chi connectivity index (χ1n) is 5.07. The molecule has 1 aromatic rings. The average Bonchev–Trinajstić information content (AvgIpc) is 2.20. The van der Waals surface area contributed by atoms with Gasteiger partial charge in [-0.15, -0.1) is 0 Å². The number of likely N-dealkylation sites (N-methyl/N-ethyl adjacent to an activating group) is 1. The molecule has 0 bridgehead atoms. The first-order chi connectivity index (χ1) is 7.00. The molecule has 0 aliphatic carbocycles. The van der Waals surface area contributed by atoms with E-state index < -0.39 is 6.04 Å². The van der Waals surface area contributed by atoms with Crippen LogP contribution >= 0.6 is 0 Å². The monoisotopic (exact) mass is 206 g/mol. The van der Waals surface area contributed by atoms with Crippen molar-refractivity contribution >= 4 is 5.91 Å². The van der Waals surface area contributed by atoms with Crippen LogP contribution in [-0.2, 0) is 11.3 Å². The highest BCUT2D eigenvalue weighted by molar-refractivity contribution is 5.80. The highest BCUT2D eigenvalue weighted by Crippen LogP contribution is 2.06. The fourth-order valence-electron chi connectivity index (χ4n) is 1.39. The van der Waals surface area contributed by atoms with Gasteiger partial charge in [-0.3, -0.25) is 4.79 Å². The van der Waals surface area contributed by atoms with Crippen molar-refractivity contribution < 1.29 is 4.79 Å². The van der Waals surface area contributed by atoms with Crippen LogP contribution in [0.2, 0.25) is 0 Å². The summed E-state index contributed by atoms with van der Waals surface area (Å²) in [6, 6.07) is 7.71. The molecule has 0 radical (unpaired) electrons. The van der Waals surface area contributed by atoms with Crippen LogP contribution in [0.15, 0.2) is 24.3 Å². The number of rotatable bonds is 3. The zero-order chi connectivity index (χ0) is 11.4. The molecule has 1 atom stereocenters. The van der Waals surface area contributed by atoms with E-state index in [2.05, 4.69) is 0 Å². The van der Waals surface area contributed by atoms with Gasteiger partial charge in [-0.2, -0.15) is 0 Å². The normalized spacial score (nSPS) is 12.3. The molecule has 0 saturated carbocycles. The van der Waals surface area contributed by atoms with E-state index in [-0.39, 0.29) is 5.91 Å². The van der Waals surface area contributed by atoms with Crippen LogP contribution in [0.4, 0.5) is 0 Å². The smallest absolute Gasteiger partial charge is 0.239 e. The third kappa shape index (κ3) is 3.36. The summed E-state index contributed by atoms with van der Waals surface area (Å²) in [4.78, 5) is 13.2. The maximum Gasteiger partial charge on any atom is 0.239 e. The summed E-state index contributed by atoms with van der Waals surface area (Å²) in [5, 5.41) is 0. The number of carbonyl (C=O) groups is 1. The second-order valence-electron chi connectivity index (χ2n) is 3.97. The Morgan fingerprint density at radius 3 is 2.40 bits per heavy atom. The van der Waals surface area contributed by atoms with E-state index in [1.807, 2.05) is 31.2 Å². The molecule has 0 unspecified atom stereocenters. The van der Waals surface area contributed by atoms with Gasteiger partial charge in [0.1, 0.15) is 0 Å². The van der Waals surface area contributed by atoms with Crippen LogP contribution in [0.1, 0.15) is 18.1 Å². The molecule has 1 rings (SSSR count). The molecule has 0 aromatic heterocycles. The molecule has 15 heavy (non-hydrogen) atoms. The number of nitrogens with two attached hydrogens (primary N) is 1. The van der Waals surface area contributed by atoms with E-state index in [0.29, 0.717) is 6.54 Å². The van der Waals surface area contributed by atoms with Crippen LogP contribution in [0.3, 0.4) is 0 Å². The van der Waals surface area contributed by atoms with Gasteiger partial charge in [-0.25, -0.2) is 0 Å². The Balaban J connectivity index is 2.62. The molecular weight excluding hydrogens is 188 g/mol. The molecule has 0 aliphatic heterocycles. The largest absolute Gasteiger partial charge is 0.340 e. The molecule has 0 aliphatic rings. The number of amides is 1. The molecule has 0 spiro atoms. The van der Waals surface area contributed by atoms with Crippen molar-refractivity contribution in [2.75, 3.05) is 7.05 Å². The Hall–Kier alpha value is -1.35. The molecule has 3 heteroatoms. The quantitative estimate of drug-likeness (QED) is 0.810. The third-order valence-electron chi connectivity index (χ3n) is 2.31. The fourth-order valence-corrected chi connectivity index (χ4v) is 1.39. The molecule has 0 heterocycles. The zero-order valence-electron chi connectivity index (χ0n) is 9.53. The lowest BCUT2D eigenvalue weighted by Crippen LogP contribution is -2.39. The number of hydrogen-bond acceptors (Lipinski definition) is 2. The molecular formula is C12H18N2O. The van der Waals surface area contributed by atoms with Crippen molar-refractivity contribution in [2.45, 2.75) is 26.4 Å². The van der Waals surface area contributed by atoms with E-state index >= 15 is 0 Å². The molecule has 3 nitrogen and oxygen atoms in total. The van der Waals surface area contributed by atoms with Crippen molar-refractivity contribution in [3.8, 4) is 0 Å². The van der Waals surface area contributed by atoms with Crippen LogP contribution in [-0.4, -0.2) is 23.9 Å². The van der Waals surface area contributed by atoms with Gasteiger partial charge >= 0.3 is 0 Å². The predicted octanol–water partition coefficient (Wildman–Crippen LogP) is 1.30. The average molecular weight is 206 g/mol. The predicted molar refractivity (Wildman–Crippen MR) is 61.3 cm³/mol. The molecule has 2 N–H and O–H groups in total. The maximum atomic E-state index is 11.5. The standard InChI is InChI=1S/C12H18N2O/c1-9-4-6-11(7-5-9)8-14(3)12(15)10(2)13/h4-7,10H,8,13H2,1-3H3/t10-/m0/s1. The topological polar surface area (TPSA) is 46.3 Å². The Morgan fingerprint density at radius 1 is 1.40 bits per heavy atom. The summed E-state index contributed by atoms with van der Waals surface area (Å²) >= 11 is 0. The molecule has 0 fully saturated rings. The lowest BCUT2D eigenvalue weighted by atomic mass is 10.1. The van der Waals surface area contributed by atoms with E-state index in [0.717, 1.165) is 5.56 Å². The Morgan fingerprint density at radius 2 is 1.93 bits per heavy atom. The van der Waals surface area contributed by atoms with Crippen LogP contribution in [0.5, 0.6) is 0 Å². The number of hydrogen-bond donors (Lipinski definition) is 1. The van der Waals surface area contributed by atoms with Gasteiger partial charge in [0, 0.05) is 13.6 Å². The van der Waals surface area contributed by atoms with Gasteiger partial charge in [0.2, 0.25) is 5.91 Å². The Bertz CT molecular complexity index is 330. The maximum absolute atomic E-state index is 11.5. The third-order valence-corrected chi connectivity index (χ3v) is 2.31. The number of aryl methyl sites for hydroxylation is 1. The van der Waals surface area contributed by atoms with Crippen LogP contribution < -0.4 is 5.73 Å². The van der Waals surface area contributed by atoms with Gasteiger partial charge in [-0.1, -0.05) is 29.8 Å². The lowest BCUT2D eigenvalue weighted by molar-refractivity contribution is -0.131. The van der Waals surface area contributed by atoms with Crippen LogP contribution in [0.25, 0.3) is 0 Å². The van der Waals surface area contributed by atoms with Gasteiger partial charge in [0.25, 0.3) is 0 Å². The van der Waals surface area contributed by atoms with E-state index in [1.165, 1.54) is 5.56 Å². The summed E-state index contributed by atoms with van der Waals surface area (Å²) in [7, 11) is 1.77. The van der Waals surface area contributed by atoms with E-state index in [4.69, 9.17) is 5.73 Å². The second-order valence-corrected chi connectivity index (χ2v) is 3.97. The van der Waals surface area contributed by atoms with Crippen LogP contribution in [0, 0.1) is 6.92 Å². The zero-order valence-corrected chi connectivity index (χ0v) is 9.53. The number of nitrogens with zero attached hydrogens (tertiary/aromatic N) is 1. The van der Waals surface area contributed by atoms with Crippen molar-refractivity contribution in [1.82, 2.24) is 4.90 Å². The van der Waals surface area contributed by atoms with Crippen molar-refractivity contribution in [3.05, 3.63) is 35.4 Å². The van der Waals surface area contributed by atoms with Crippen molar-refractivity contribution in [1.29, 1.82) is 0 Å². The Labute approximate surface area is 90.9 Å². The highest BCUT2D eigenvalue weighted by Gasteiger charge is 2.12. The summed E-state index contributed by atoms with van der Waals surface area (Å²) < 4.78 is 0. The molecule has 0 saturated heterocycles. The summed E-state index contributed by atoms with van der Waals surface area (Å²) in [6.45, 7) is 4.36. The van der Waals surface area contributed by atoms with Gasteiger partial charge in [0.05, 0.1) is 6.04 Å². The Kier molecular flexibility index (Phi) is 3.86. The van der Waals surface area contributed by atoms with Crippen molar-refractivity contribution in [3.63, 3.8) is 0 Å². The van der Waals surface area contributed by atoms with Gasteiger partial charge in [0.15, 0.2) is 0 Å². The van der Waals surface area contributed by atoms with E-state index in [9.17, 15) is 4.79 Å². The number of benzene rings is 1. The minimum absolute atomic E-state index is 0.0319. The van der Waals surface area contributed by atoms with E-state index in [1.54, 1.807) is 18.9 Å². The SMILES string of the molecule is Cc1ccc(CN(C)C(=O)[C@H](C)N)cc1. The number of carbonyl (C=O) groups excluding carboxylic acids is 1. The lowest BCUT2D eigenvalue weighted by Gasteiger charge is -2.19. The minimum atomic E-state index is -0.430. The highest BCUT2D eigenvalue weighted by atomic mass is 16.2. The molecule has 1 amide bonds. The molecule has 1 aromatic carbocycles. The summed E-state index contributed by atoms with van der Waals surface area (Å²) in [6.07, 6.45) is 0. The first kappa shape index (κ1) is 11.7. The second kappa shape index (κ2) is 4.94. The minimum Gasteiger partial charge on any atom is -0.340 e. The van der Waals surface area contributed by atoms with Gasteiger partial charge in [-0.05, 0) is 19.4 Å². The fraction of sp³-hybridized carbons (Fsp3) is 0.417. The van der Waals surface area contributed by atoms with Crippen molar-refractivity contribution in [2.24, 2.45) is 5.73 Å². The molecule has 82 valence electrons. The first-order valence-corrected chi connectivity index (χ1v) is 5.07. The van der Waals surface area contributed by atoms with Gasteiger partial charge < -0.3 is 10.6 Å². The summed E-state index contributed by atoms with van der Waals surface area (Å²) in [5.74, 6) is -0.0319.